The van der Waals surface area contributed by atoms with Gasteiger partial charge in [-0.2, -0.15) is 12.6 Å². The van der Waals surface area contributed by atoms with E-state index >= 15 is 0 Å². The van der Waals surface area contributed by atoms with Crippen molar-refractivity contribution in [3.05, 3.63) is 0 Å². The van der Waals surface area contributed by atoms with E-state index in [1.165, 1.54) is 0 Å². The Morgan fingerprint density at radius 3 is 2.17 bits per heavy atom. The number of thiol groups is 1. The van der Waals surface area contributed by atoms with Crippen molar-refractivity contribution in [2.75, 3.05) is 25.4 Å². The predicted molar refractivity (Wildman–Crippen MR) is 94.7 cm³/mol. The molecule has 0 radical (unpaired) electrons. The topological polar surface area (TPSA) is 105 Å². The third-order valence-electron chi connectivity index (χ3n) is 3.26. The lowest BCUT2D eigenvalue weighted by molar-refractivity contribution is -0.161. The molecule has 0 aliphatic carbocycles. The van der Waals surface area contributed by atoms with Crippen molar-refractivity contribution in [2.45, 2.75) is 47.1 Å². The van der Waals surface area contributed by atoms with Crippen LogP contribution in [0.25, 0.3) is 0 Å². The molecule has 0 aliphatic heterocycles. The average molecular weight is 362 g/mol. The zero-order valence-corrected chi connectivity index (χ0v) is 16.0. The van der Waals surface area contributed by atoms with Crippen molar-refractivity contribution in [2.24, 2.45) is 10.8 Å². The number of ether oxygens (including phenoxy) is 1. The largest absolute Gasteiger partial charge is 0.465 e. The van der Waals surface area contributed by atoms with Crippen molar-refractivity contribution in [1.82, 2.24) is 10.6 Å². The van der Waals surface area contributed by atoms with E-state index in [1.54, 1.807) is 34.6 Å². The van der Waals surface area contributed by atoms with Crippen molar-refractivity contribution in [3.63, 3.8) is 0 Å². The van der Waals surface area contributed by atoms with E-state index in [0.717, 1.165) is 0 Å². The van der Waals surface area contributed by atoms with Gasteiger partial charge in [0.2, 0.25) is 11.8 Å². The van der Waals surface area contributed by atoms with Gasteiger partial charge in [0.25, 0.3) is 0 Å². The molecule has 8 heteroatoms. The summed E-state index contributed by atoms with van der Waals surface area (Å²) in [6, 6.07) is 0. The molecule has 0 spiro atoms. The van der Waals surface area contributed by atoms with Gasteiger partial charge in [0.15, 0.2) is 0 Å². The number of rotatable bonds is 9. The second kappa shape index (κ2) is 9.88. The summed E-state index contributed by atoms with van der Waals surface area (Å²) in [4.78, 5) is 35.2. The molecule has 0 saturated heterocycles. The Morgan fingerprint density at radius 1 is 1.08 bits per heavy atom. The summed E-state index contributed by atoms with van der Waals surface area (Å²) in [5.41, 5.74) is -1.59. The summed E-state index contributed by atoms with van der Waals surface area (Å²) in [6.45, 7) is 8.94. The summed E-state index contributed by atoms with van der Waals surface area (Å²) in [6.07, 6.45) is -1.24. The molecule has 140 valence electrons. The number of aliphatic hydroxyl groups excluding tert-OH is 1. The minimum atomic E-state index is -1.36. The van der Waals surface area contributed by atoms with Crippen LogP contribution in [0, 0.1) is 10.8 Å². The molecule has 0 rings (SSSR count). The third-order valence-corrected chi connectivity index (χ3v) is 3.49. The normalized spacial score (nSPS) is 13.1. The van der Waals surface area contributed by atoms with Crippen molar-refractivity contribution in [1.29, 1.82) is 0 Å². The Kier molecular flexibility index (Phi) is 9.35. The van der Waals surface area contributed by atoms with Crippen LogP contribution < -0.4 is 10.6 Å². The van der Waals surface area contributed by atoms with Crippen LogP contribution in [-0.4, -0.2) is 54.4 Å². The molecule has 0 aromatic carbocycles. The first-order chi connectivity index (χ1) is 10.9. The number of amides is 2. The molecule has 0 aromatic heterocycles. The van der Waals surface area contributed by atoms with Gasteiger partial charge in [-0.25, -0.2) is 0 Å². The van der Waals surface area contributed by atoms with Crippen molar-refractivity contribution < 1.29 is 24.2 Å². The Morgan fingerprint density at radius 2 is 1.67 bits per heavy atom. The van der Waals surface area contributed by atoms with Crippen molar-refractivity contribution >= 4 is 30.4 Å². The second-order valence-corrected chi connectivity index (χ2v) is 7.78. The van der Waals surface area contributed by atoms with E-state index in [2.05, 4.69) is 23.3 Å². The van der Waals surface area contributed by atoms with Crippen LogP contribution in [0.15, 0.2) is 0 Å². The van der Waals surface area contributed by atoms with Crippen LogP contribution in [0.1, 0.15) is 41.0 Å². The lowest BCUT2D eigenvalue weighted by Gasteiger charge is -2.30. The highest BCUT2D eigenvalue weighted by molar-refractivity contribution is 7.80. The highest BCUT2D eigenvalue weighted by Crippen LogP contribution is 2.24. The fraction of sp³-hybridized carbons (Fsp3) is 0.812. The monoisotopic (exact) mass is 362 g/mol. The SMILES string of the molecule is CC(C)(C)C(=O)OCC(C)(C)C(O)C(=O)NCCC(=O)NCCS. The van der Waals surface area contributed by atoms with Crippen molar-refractivity contribution in [3.8, 4) is 0 Å². The molecule has 0 fully saturated rings. The molecule has 0 bridgehead atoms. The highest BCUT2D eigenvalue weighted by Gasteiger charge is 2.36. The average Bonchev–Trinajstić information content (AvgIpc) is 2.48. The molecule has 0 heterocycles. The number of hydrogen-bond donors (Lipinski definition) is 4. The van der Waals surface area contributed by atoms with Crippen LogP contribution in [0.5, 0.6) is 0 Å². The maximum Gasteiger partial charge on any atom is 0.311 e. The maximum atomic E-state index is 12.0. The summed E-state index contributed by atoms with van der Waals surface area (Å²) in [5, 5.41) is 15.3. The number of carbonyl (C=O) groups is 3. The van der Waals surface area contributed by atoms with Gasteiger partial charge in [-0.1, -0.05) is 13.8 Å². The van der Waals surface area contributed by atoms with Crippen LogP contribution in [-0.2, 0) is 19.1 Å². The van der Waals surface area contributed by atoms with E-state index < -0.39 is 28.8 Å². The molecule has 1 unspecified atom stereocenters. The Hall–Kier alpha value is -1.28. The zero-order chi connectivity index (χ0) is 19.0. The summed E-state index contributed by atoms with van der Waals surface area (Å²) in [7, 11) is 0. The lowest BCUT2D eigenvalue weighted by Crippen LogP contribution is -2.47. The third kappa shape index (κ3) is 8.54. The van der Waals surface area contributed by atoms with Gasteiger partial charge < -0.3 is 20.5 Å². The molecule has 2 amide bonds. The summed E-state index contributed by atoms with van der Waals surface area (Å²) < 4.78 is 5.18. The predicted octanol–water partition coefficient (Wildman–Crippen LogP) is 0.515. The zero-order valence-electron chi connectivity index (χ0n) is 15.1. The van der Waals surface area contributed by atoms with E-state index in [-0.39, 0.29) is 25.5 Å². The van der Waals surface area contributed by atoms with Gasteiger partial charge in [0.05, 0.1) is 12.0 Å². The molecular formula is C16H30N2O5S. The first-order valence-electron chi connectivity index (χ1n) is 7.92. The molecule has 0 saturated carbocycles. The minimum Gasteiger partial charge on any atom is -0.465 e. The van der Waals surface area contributed by atoms with E-state index in [0.29, 0.717) is 12.3 Å². The van der Waals surface area contributed by atoms with Gasteiger partial charge in [0.1, 0.15) is 6.10 Å². The molecular weight excluding hydrogens is 332 g/mol. The number of aliphatic hydroxyl groups is 1. The summed E-state index contributed by atoms with van der Waals surface area (Å²) >= 11 is 3.98. The van der Waals surface area contributed by atoms with Crippen LogP contribution in [0.2, 0.25) is 0 Å². The van der Waals surface area contributed by atoms with Crippen LogP contribution in [0.3, 0.4) is 0 Å². The van der Waals surface area contributed by atoms with E-state index in [9.17, 15) is 19.5 Å². The molecule has 0 aliphatic rings. The van der Waals surface area contributed by atoms with E-state index in [4.69, 9.17) is 4.74 Å². The fourth-order valence-corrected chi connectivity index (χ4v) is 1.69. The van der Waals surface area contributed by atoms with Gasteiger partial charge in [-0.3, -0.25) is 14.4 Å². The first kappa shape index (κ1) is 22.7. The molecule has 7 nitrogen and oxygen atoms in total. The lowest BCUT2D eigenvalue weighted by atomic mass is 9.86. The quantitative estimate of drug-likeness (QED) is 0.353. The first-order valence-corrected chi connectivity index (χ1v) is 8.55. The van der Waals surface area contributed by atoms with Gasteiger partial charge in [0, 0.05) is 30.7 Å². The van der Waals surface area contributed by atoms with Gasteiger partial charge in [-0.05, 0) is 20.8 Å². The van der Waals surface area contributed by atoms with E-state index in [1.807, 2.05) is 0 Å². The number of carbonyl (C=O) groups excluding carboxylic acids is 3. The number of hydrogen-bond acceptors (Lipinski definition) is 6. The maximum absolute atomic E-state index is 12.0. The fourth-order valence-electron chi connectivity index (χ4n) is 1.58. The minimum absolute atomic E-state index is 0.0832. The molecule has 0 aromatic rings. The highest BCUT2D eigenvalue weighted by atomic mass is 32.1. The summed E-state index contributed by atoms with van der Waals surface area (Å²) in [5.74, 6) is -0.659. The molecule has 24 heavy (non-hydrogen) atoms. The Balaban J connectivity index is 4.34. The molecule has 1 atom stereocenters. The van der Waals surface area contributed by atoms with Gasteiger partial charge in [-0.15, -0.1) is 0 Å². The molecule has 3 N–H and O–H groups in total. The Labute approximate surface area is 149 Å². The number of nitrogens with one attached hydrogen (secondary N) is 2. The van der Waals surface area contributed by atoms with Crippen LogP contribution in [0.4, 0.5) is 0 Å². The standard InChI is InChI=1S/C16H30N2O5S/c1-15(2,3)14(22)23-10-16(4,5)12(20)13(21)18-7-6-11(19)17-8-9-24/h12,20,24H,6-10H2,1-5H3,(H,17,19)(H,18,21). The smallest absolute Gasteiger partial charge is 0.311 e. The number of esters is 1. The second-order valence-electron chi connectivity index (χ2n) is 7.33. The van der Waals surface area contributed by atoms with Crippen LogP contribution >= 0.6 is 12.6 Å². The Bertz CT molecular complexity index is 446. The van der Waals surface area contributed by atoms with Gasteiger partial charge >= 0.3 is 5.97 Å².